The predicted octanol–water partition coefficient (Wildman–Crippen LogP) is 0.542. The van der Waals surface area contributed by atoms with Crippen molar-refractivity contribution in [1.82, 2.24) is 8.61 Å². The Morgan fingerprint density at radius 2 is 1.80 bits per heavy atom. The Morgan fingerprint density at radius 1 is 1.20 bits per heavy atom. The SMILES string of the molecule is C[C@H]1CN(S(=O)(=O)N(C)C2CCC(N)CC2)[C@@H](C)CO1. The van der Waals surface area contributed by atoms with Crippen LogP contribution in [0.2, 0.25) is 0 Å². The standard InChI is InChI=1S/C13H27N3O3S/c1-10-9-19-11(2)8-16(10)20(17,18)15(3)13-6-4-12(14)5-7-13/h10-13H,4-9,14H2,1-3H3/t10-,11-,12?,13?/m0/s1. The van der Waals surface area contributed by atoms with Gasteiger partial charge in [-0.15, -0.1) is 0 Å². The lowest BCUT2D eigenvalue weighted by Crippen LogP contribution is -2.56. The van der Waals surface area contributed by atoms with Gasteiger partial charge in [-0.1, -0.05) is 0 Å². The third-order valence-electron chi connectivity index (χ3n) is 4.47. The fourth-order valence-electron chi connectivity index (χ4n) is 3.01. The summed E-state index contributed by atoms with van der Waals surface area (Å²) in [6, 6.07) is 0.194. The summed E-state index contributed by atoms with van der Waals surface area (Å²) < 4.78 is 34.2. The summed E-state index contributed by atoms with van der Waals surface area (Å²) in [7, 11) is -1.72. The van der Waals surface area contributed by atoms with Gasteiger partial charge in [-0.25, -0.2) is 0 Å². The molecule has 2 atom stereocenters. The van der Waals surface area contributed by atoms with Gasteiger partial charge in [-0.3, -0.25) is 0 Å². The van der Waals surface area contributed by atoms with Crippen LogP contribution in [-0.4, -0.2) is 61.5 Å². The van der Waals surface area contributed by atoms with Gasteiger partial charge in [-0.2, -0.15) is 17.0 Å². The molecule has 0 aromatic carbocycles. The molecular weight excluding hydrogens is 278 g/mol. The van der Waals surface area contributed by atoms with Gasteiger partial charge in [0.05, 0.1) is 12.7 Å². The van der Waals surface area contributed by atoms with Crippen molar-refractivity contribution in [1.29, 1.82) is 0 Å². The molecule has 1 heterocycles. The zero-order valence-electron chi connectivity index (χ0n) is 12.7. The lowest BCUT2D eigenvalue weighted by molar-refractivity contribution is -0.0194. The Hall–Kier alpha value is -0.210. The average Bonchev–Trinajstić information content (AvgIpc) is 2.41. The molecule has 2 aliphatic rings. The first-order chi connectivity index (χ1) is 9.32. The molecule has 0 bridgehead atoms. The predicted molar refractivity (Wildman–Crippen MR) is 78.5 cm³/mol. The Morgan fingerprint density at radius 3 is 2.40 bits per heavy atom. The van der Waals surface area contributed by atoms with Gasteiger partial charge in [-0.05, 0) is 39.5 Å². The van der Waals surface area contributed by atoms with Crippen molar-refractivity contribution < 1.29 is 13.2 Å². The third-order valence-corrected chi connectivity index (χ3v) is 6.59. The molecule has 1 saturated carbocycles. The summed E-state index contributed by atoms with van der Waals surface area (Å²) in [5.41, 5.74) is 5.89. The van der Waals surface area contributed by atoms with Crippen molar-refractivity contribution >= 4 is 10.2 Å². The topological polar surface area (TPSA) is 75.9 Å². The van der Waals surface area contributed by atoms with E-state index >= 15 is 0 Å². The number of hydrogen-bond acceptors (Lipinski definition) is 4. The van der Waals surface area contributed by atoms with E-state index in [4.69, 9.17) is 10.5 Å². The molecule has 1 saturated heterocycles. The number of morpholine rings is 1. The van der Waals surface area contributed by atoms with E-state index in [1.165, 1.54) is 0 Å². The maximum Gasteiger partial charge on any atom is 0.282 e. The molecule has 2 N–H and O–H groups in total. The minimum atomic E-state index is -3.42. The average molecular weight is 305 g/mol. The molecule has 1 aliphatic heterocycles. The fourth-order valence-corrected chi connectivity index (χ4v) is 4.85. The van der Waals surface area contributed by atoms with Gasteiger partial charge in [0, 0.05) is 31.7 Å². The number of rotatable bonds is 3. The Kier molecular flexibility index (Phi) is 5.07. The second kappa shape index (κ2) is 6.27. The second-order valence-corrected chi connectivity index (χ2v) is 8.10. The molecule has 6 nitrogen and oxygen atoms in total. The van der Waals surface area contributed by atoms with Crippen LogP contribution in [-0.2, 0) is 14.9 Å². The van der Waals surface area contributed by atoms with E-state index in [0.717, 1.165) is 25.7 Å². The van der Waals surface area contributed by atoms with Crippen LogP contribution in [0.1, 0.15) is 39.5 Å². The second-order valence-electron chi connectivity index (χ2n) is 6.16. The zero-order chi connectivity index (χ0) is 14.9. The Bertz CT molecular complexity index is 421. The van der Waals surface area contributed by atoms with E-state index in [2.05, 4.69) is 0 Å². The summed E-state index contributed by atoms with van der Waals surface area (Å²) in [5.74, 6) is 0. The maximum absolute atomic E-state index is 12.8. The van der Waals surface area contributed by atoms with Crippen LogP contribution < -0.4 is 5.73 Å². The van der Waals surface area contributed by atoms with E-state index in [-0.39, 0.29) is 24.2 Å². The molecule has 0 aromatic heterocycles. The molecule has 2 rings (SSSR count). The summed E-state index contributed by atoms with van der Waals surface area (Å²) in [6.45, 7) is 4.70. The van der Waals surface area contributed by atoms with E-state index in [0.29, 0.717) is 13.2 Å². The van der Waals surface area contributed by atoms with Crippen LogP contribution in [0, 0.1) is 0 Å². The van der Waals surface area contributed by atoms with Crippen LogP contribution in [0.25, 0.3) is 0 Å². The molecule has 20 heavy (non-hydrogen) atoms. The van der Waals surface area contributed by atoms with E-state index in [1.54, 1.807) is 15.7 Å². The Balaban J connectivity index is 2.08. The highest BCUT2D eigenvalue weighted by atomic mass is 32.2. The molecule has 118 valence electrons. The molecule has 0 radical (unpaired) electrons. The molecule has 0 aromatic rings. The number of nitrogens with two attached hydrogens (primary N) is 1. The lowest BCUT2D eigenvalue weighted by Gasteiger charge is -2.41. The van der Waals surface area contributed by atoms with Gasteiger partial charge < -0.3 is 10.5 Å². The molecule has 0 amide bonds. The first-order valence-corrected chi connectivity index (χ1v) is 8.84. The third kappa shape index (κ3) is 3.33. The first kappa shape index (κ1) is 16.2. The zero-order valence-corrected chi connectivity index (χ0v) is 13.5. The molecule has 0 unspecified atom stereocenters. The van der Waals surface area contributed by atoms with Crippen LogP contribution in [0.4, 0.5) is 0 Å². The van der Waals surface area contributed by atoms with Crippen LogP contribution in [0.15, 0.2) is 0 Å². The van der Waals surface area contributed by atoms with Crippen LogP contribution in [0.3, 0.4) is 0 Å². The minimum Gasteiger partial charge on any atom is -0.375 e. The molecular formula is C13H27N3O3S. The highest BCUT2D eigenvalue weighted by Gasteiger charge is 2.38. The lowest BCUT2D eigenvalue weighted by atomic mass is 9.92. The quantitative estimate of drug-likeness (QED) is 0.826. The van der Waals surface area contributed by atoms with E-state index in [9.17, 15) is 8.42 Å². The van der Waals surface area contributed by atoms with Gasteiger partial charge in [0.1, 0.15) is 0 Å². The van der Waals surface area contributed by atoms with Gasteiger partial charge in [0.15, 0.2) is 0 Å². The first-order valence-electron chi connectivity index (χ1n) is 7.44. The Labute approximate surface area is 122 Å². The van der Waals surface area contributed by atoms with E-state index < -0.39 is 10.2 Å². The highest BCUT2D eigenvalue weighted by molar-refractivity contribution is 7.86. The maximum atomic E-state index is 12.8. The van der Waals surface area contributed by atoms with E-state index in [1.807, 2.05) is 13.8 Å². The van der Waals surface area contributed by atoms with Crippen molar-refractivity contribution in [2.45, 2.75) is 63.8 Å². The molecule has 7 heteroatoms. The summed E-state index contributed by atoms with van der Waals surface area (Å²) in [6.07, 6.45) is 3.46. The minimum absolute atomic E-state index is 0.0471. The monoisotopic (exact) mass is 305 g/mol. The summed E-state index contributed by atoms with van der Waals surface area (Å²) in [4.78, 5) is 0. The van der Waals surface area contributed by atoms with Crippen molar-refractivity contribution in [3.63, 3.8) is 0 Å². The van der Waals surface area contributed by atoms with Crippen LogP contribution >= 0.6 is 0 Å². The van der Waals surface area contributed by atoms with Gasteiger partial charge >= 0.3 is 0 Å². The number of hydrogen-bond donors (Lipinski definition) is 1. The van der Waals surface area contributed by atoms with Crippen molar-refractivity contribution in [3.05, 3.63) is 0 Å². The smallest absolute Gasteiger partial charge is 0.282 e. The summed E-state index contributed by atoms with van der Waals surface area (Å²) >= 11 is 0. The van der Waals surface area contributed by atoms with Crippen molar-refractivity contribution in [2.75, 3.05) is 20.2 Å². The van der Waals surface area contributed by atoms with Crippen molar-refractivity contribution in [2.24, 2.45) is 5.73 Å². The number of ether oxygens (including phenoxy) is 1. The van der Waals surface area contributed by atoms with Gasteiger partial charge in [0.2, 0.25) is 0 Å². The molecule has 0 spiro atoms. The summed E-state index contributed by atoms with van der Waals surface area (Å²) in [5, 5.41) is 0. The van der Waals surface area contributed by atoms with Crippen molar-refractivity contribution in [3.8, 4) is 0 Å². The van der Waals surface area contributed by atoms with Gasteiger partial charge in [0.25, 0.3) is 10.2 Å². The molecule has 2 fully saturated rings. The molecule has 1 aliphatic carbocycles. The normalized spacial score (nSPS) is 37.2. The highest BCUT2D eigenvalue weighted by Crippen LogP contribution is 2.26. The largest absolute Gasteiger partial charge is 0.375 e. The number of nitrogens with zero attached hydrogens (tertiary/aromatic N) is 2. The fraction of sp³-hybridized carbons (Fsp3) is 1.00. The van der Waals surface area contributed by atoms with Crippen LogP contribution in [0.5, 0.6) is 0 Å².